The maximum Gasteiger partial charge on any atom is 0.147 e. The third-order valence-corrected chi connectivity index (χ3v) is 3.97. The Kier molecular flexibility index (Phi) is 1.84. The molecular formula is C10H14ClN3. The first-order chi connectivity index (χ1) is 6.79. The SMILES string of the molecule is Cn1c(CCl)nnc1C1CC2CC2C1. The molecule has 2 saturated carbocycles. The normalized spacial score (nSPS) is 34.6. The van der Waals surface area contributed by atoms with Crippen LogP contribution in [0.2, 0.25) is 0 Å². The minimum Gasteiger partial charge on any atom is -0.317 e. The highest BCUT2D eigenvalue weighted by Crippen LogP contribution is 2.57. The highest BCUT2D eigenvalue weighted by Gasteiger charge is 2.47. The molecule has 0 aromatic carbocycles. The summed E-state index contributed by atoms with van der Waals surface area (Å²) >= 11 is 5.77. The molecule has 3 rings (SSSR count). The number of nitrogens with zero attached hydrogens (tertiary/aromatic N) is 3. The van der Waals surface area contributed by atoms with E-state index in [2.05, 4.69) is 14.8 Å². The fourth-order valence-electron chi connectivity index (χ4n) is 2.77. The molecule has 0 bridgehead atoms. The molecule has 1 aromatic rings. The number of hydrogen-bond acceptors (Lipinski definition) is 2. The standard InChI is InChI=1S/C10H14ClN3/c1-14-9(5-11)12-13-10(14)8-3-6-2-7(6)4-8/h6-8H,2-5H2,1H3. The van der Waals surface area contributed by atoms with Gasteiger partial charge in [0.2, 0.25) is 0 Å². The summed E-state index contributed by atoms with van der Waals surface area (Å²) in [7, 11) is 2.02. The second-order valence-corrected chi connectivity index (χ2v) is 4.86. The third-order valence-electron chi connectivity index (χ3n) is 3.73. The van der Waals surface area contributed by atoms with E-state index >= 15 is 0 Å². The van der Waals surface area contributed by atoms with Crippen molar-refractivity contribution in [2.75, 3.05) is 0 Å². The molecule has 3 nitrogen and oxygen atoms in total. The van der Waals surface area contributed by atoms with Crippen molar-refractivity contribution in [3.05, 3.63) is 11.6 Å². The average molecular weight is 212 g/mol. The molecule has 2 unspecified atom stereocenters. The largest absolute Gasteiger partial charge is 0.317 e. The first-order valence-corrected chi connectivity index (χ1v) is 5.77. The zero-order valence-electron chi connectivity index (χ0n) is 8.28. The van der Waals surface area contributed by atoms with Gasteiger partial charge in [-0.25, -0.2) is 0 Å². The number of halogens is 1. The number of fused-ring (bicyclic) bond motifs is 1. The van der Waals surface area contributed by atoms with Crippen LogP contribution in [-0.2, 0) is 12.9 Å². The quantitative estimate of drug-likeness (QED) is 0.702. The lowest BCUT2D eigenvalue weighted by Gasteiger charge is -2.10. The van der Waals surface area contributed by atoms with Crippen molar-refractivity contribution in [3.8, 4) is 0 Å². The second kappa shape index (κ2) is 2.96. The van der Waals surface area contributed by atoms with Crippen LogP contribution >= 0.6 is 11.6 Å². The van der Waals surface area contributed by atoms with Gasteiger partial charge in [-0.05, 0) is 31.1 Å². The molecule has 1 heterocycles. The first-order valence-electron chi connectivity index (χ1n) is 5.23. The van der Waals surface area contributed by atoms with Gasteiger partial charge in [0, 0.05) is 13.0 Å². The summed E-state index contributed by atoms with van der Waals surface area (Å²) in [6, 6.07) is 0. The van der Waals surface area contributed by atoms with Crippen LogP contribution in [0.3, 0.4) is 0 Å². The average Bonchev–Trinajstić information content (AvgIpc) is 2.65. The Morgan fingerprint density at radius 1 is 1.29 bits per heavy atom. The van der Waals surface area contributed by atoms with Crippen LogP contribution in [0, 0.1) is 11.8 Å². The molecule has 2 aliphatic rings. The van der Waals surface area contributed by atoms with Crippen LogP contribution in [0.5, 0.6) is 0 Å². The van der Waals surface area contributed by atoms with Crippen LogP contribution < -0.4 is 0 Å². The minimum absolute atomic E-state index is 0.461. The fourth-order valence-corrected chi connectivity index (χ4v) is 3.01. The number of alkyl halides is 1. The Hall–Kier alpha value is -0.570. The van der Waals surface area contributed by atoms with Gasteiger partial charge >= 0.3 is 0 Å². The molecule has 0 aliphatic heterocycles. The molecule has 0 radical (unpaired) electrons. The zero-order valence-corrected chi connectivity index (χ0v) is 9.04. The van der Waals surface area contributed by atoms with Gasteiger partial charge in [0.1, 0.15) is 11.6 Å². The molecule has 2 aliphatic carbocycles. The van der Waals surface area contributed by atoms with Crippen LogP contribution in [0.4, 0.5) is 0 Å². The summed E-state index contributed by atoms with van der Waals surface area (Å²) in [5, 5.41) is 8.35. The van der Waals surface area contributed by atoms with Crippen molar-refractivity contribution in [2.45, 2.75) is 31.1 Å². The Morgan fingerprint density at radius 3 is 2.57 bits per heavy atom. The Balaban J connectivity index is 1.85. The lowest BCUT2D eigenvalue weighted by Crippen LogP contribution is -2.06. The number of aromatic nitrogens is 3. The van der Waals surface area contributed by atoms with Gasteiger partial charge in [0.25, 0.3) is 0 Å². The van der Waals surface area contributed by atoms with E-state index in [1.54, 1.807) is 0 Å². The Labute approximate surface area is 88.5 Å². The van der Waals surface area contributed by atoms with Crippen molar-refractivity contribution in [2.24, 2.45) is 18.9 Å². The Morgan fingerprint density at radius 2 is 2.00 bits per heavy atom. The van der Waals surface area contributed by atoms with Gasteiger partial charge in [-0.2, -0.15) is 0 Å². The fraction of sp³-hybridized carbons (Fsp3) is 0.800. The van der Waals surface area contributed by atoms with Crippen molar-refractivity contribution >= 4 is 11.6 Å². The summed E-state index contributed by atoms with van der Waals surface area (Å²) in [6.07, 6.45) is 4.09. The smallest absolute Gasteiger partial charge is 0.147 e. The molecule has 14 heavy (non-hydrogen) atoms. The lowest BCUT2D eigenvalue weighted by atomic mass is 10.0. The van der Waals surface area contributed by atoms with Crippen LogP contribution in [0.15, 0.2) is 0 Å². The lowest BCUT2D eigenvalue weighted by molar-refractivity contribution is 0.564. The number of rotatable bonds is 2. The van der Waals surface area contributed by atoms with E-state index in [-0.39, 0.29) is 0 Å². The highest BCUT2D eigenvalue weighted by atomic mass is 35.5. The number of hydrogen-bond donors (Lipinski definition) is 0. The molecule has 2 fully saturated rings. The van der Waals surface area contributed by atoms with E-state index in [0.29, 0.717) is 11.8 Å². The molecular weight excluding hydrogens is 198 g/mol. The van der Waals surface area contributed by atoms with E-state index in [1.807, 2.05) is 7.05 Å². The van der Waals surface area contributed by atoms with E-state index in [0.717, 1.165) is 23.5 Å². The molecule has 1 aromatic heterocycles. The van der Waals surface area contributed by atoms with Crippen molar-refractivity contribution < 1.29 is 0 Å². The highest BCUT2D eigenvalue weighted by molar-refractivity contribution is 6.16. The summed E-state index contributed by atoms with van der Waals surface area (Å²) < 4.78 is 2.07. The van der Waals surface area contributed by atoms with Crippen molar-refractivity contribution in [1.82, 2.24) is 14.8 Å². The minimum atomic E-state index is 0.461. The van der Waals surface area contributed by atoms with E-state index in [9.17, 15) is 0 Å². The van der Waals surface area contributed by atoms with Gasteiger partial charge in [-0.1, -0.05) is 0 Å². The topological polar surface area (TPSA) is 30.7 Å². The van der Waals surface area contributed by atoms with E-state index in [4.69, 9.17) is 11.6 Å². The maximum atomic E-state index is 5.77. The molecule has 0 spiro atoms. The van der Waals surface area contributed by atoms with Gasteiger partial charge < -0.3 is 4.57 Å². The van der Waals surface area contributed by atoms with Crippen LogP contribution in [0.1, 0.15) is 36.8 Å². The molecule has 0 amide bonds. The second-order valence-electron chi connectivity index (χ2n) is 4.59. The summed E-state index contributed by atoms with van der Waals surface area (Å²) in [6.45, 7) is 0. The monoisotopic (exact) mass is 211 g/mol. The van der Waals surface area contributed by atoms with Crippen LogP contribution in [0.25, 0.3) is 0 Å². The first kappa shape index (κ1) is 8.72. The molecule has 2 atom stereocenters. The Bertz CT molecular complexity index is 350. The molecule has 0 N–H and O–H groups in total. The molecule has 0 saturated heterocycles. The van der Waals surface area contributed by atoms with E-state index in [1.165, 1.54) is 19.3 Å². The zero-order chi connectivity index (χ0) is 9.71. The summed E-state index contributed by atoms with van der Waals surface area (Å²) in [5.41, 5.74) is 0. The van der Waals surface area contributed by atoms with Crippen LogP contribution in [-0.4, -0.2) is 14.8 Å². The predicted molar refractivity (Wildman–Crippen MR) is 54.1 cm³/mol. The van der Waals surface area contributed by atoms with Crippen molar-refractivity contribution in [1.29, 1.82) is 0 Å². The van der Waals surface area contributed by atoms with E-state index < -0.39 is 0 Å². The molecule has 4 heteroatoms. The predicted octanol–water partition coefficient (Wildman–Crippen LogP) is 2.07. The summed E-state index contributed by atoms with van der Waals surface area (Å²) in [5.74, 6) is 5.14. The molecule has 76 valence electrons. The van der Waals surface area contributed by atoms with Gasteiger partial charge in [-0.15, -0.1) is 21.8 Å². The summed E-state index contributed by atoms with van der Waals surface area (Å²) in [4.78, 5) is 0. The van der Waals surface area contributed by atoms with Crippen molar-refractivity contribution in [3.63, 3.8) is 0 Å². The van der Waals surface area contributed by atoms with Gasteiger partial charge in [0.05, 0.1) is 5.88 Å². The van der Waals surface area contributed by atoms with Gasteiger partial charge in [-0.3, -0.25) is 0 Å². The third kappa shape index (κ3) is 1.18. The maximum absolute atomic E-state index is 5.77. The van der Waals surface area contributed by atoms with Gasteiger partial charge in [0.15, 0.2) is 0 Å².